The van der Waals surface area contributed by atoms with Gasteiger partial charge in [0.25, 0.3) is 0 Å². The SMILES string of the molecule is N#Cc1cccc(C#N)c1-n1c2ccccc2c2c1ccc1c3ccccc3n(-c3c(C(F)(F)F)cccc3C(F)(F)F)c12. The van der Waals surface area contributed by atoms with Gasteiger partial charge in [-0.1, -0.05) is 54.6 Å². The Labute approximate surface area is 244 Å². The molecular weight excluding hydrogens is 578 g/mol. The fourth-order valence-corrected chi connectivity index (χ4v) is 6.19. The van der Waals surface area contributed by atoms with Crippen LogP contribution in [0.15, 0.2) is 97.1 Å². The number of halogens is 6. The number of nitriles is 2. The van der Waals surface area contributed by atoms with Crippen LogP contribution in [0.4, 0.5) is 26.3 Å². The van der Waals surface area contributed by atoms with Crippen LogP contribution in [0.5, 0.6) is 0 Å². The molecule has 0 aliphatic rings. The van der Waals surface area contributed by atoms with Crippen LogP contribution in [0.2, 0.25) is 0 Å². The van der Waals surface area contributed by atoms with Crippen molar-refractivity contribution >= 4 is 43.6 Å². The summed E-state index contributed by atoms with van der Waals surface area (Å²) in [7, 11) is 0. The highest BCUT2D eigenvalue weighted by Gasteiger charge is 2.42. The molecule has 2 aromatic heterocycles. The molecule has 4 nitrogen and oxygen atoms in total. The van der Waals surface area contributed by atoms with E-state index in [1.807, 2.05) is 0 Å². The first-order chi connectivity index (χ1) is 21.1. The van der Waals surface area contributed by atoms with Gasteiger partial charge in [-0.25, -0.2) is 0 Å². The van der Waals surface area contributed by atoms with E-state index in [4.69, 9.17) is 0 Å². The molecule has 0 aliphatic carbocycles. The molecule has 0 saturated carbocycles. The average Bonchev–Trinajstić information content (AvgIpc) is 3.52. The molecule has 44 heavy (non-hydrogen) atoms. The van der Waals surface area contributed by atoms with Crippen molar-refractivity contribution in [1.29, 1.82) is 10.5 Å². The van der Waals surface area contributed by atoms with Gasteiger partial charge < -0.3 is 9.13 Å². The van der Waals surface area contributed by atoms with Crippen molar-refractivity contribution in [2.45, 2.75) is 12.4 Å². The first kappa shape index (κ1) is 27.1. The van der Waals surface area contributed by atoms with E-state index in [1.54, 1.807) is 77.4 Å². The summed E-state index contributed by atoms with van der Waals surface area (Å²) in [5.74, 6) is 0. The maximum Gasteiger partial charge on any atom is 0.418 e. The van der Waals surface area contributed by atoms with E-state index in [-0.39, 0.29) is 27.8 Å². The predicted molar refractivity (Wildman–Crippen MR) is 155 cm³/mol. The summed E-state index contributed by atoms with van der Waals surface area (Å²) in [6.07, 6.45) is -10.2. The summed E-state index contributed by atoms with van der Waals surface area (Å²) < 4.78 is 89.9. The van der Waals surface area contributed by atoms with Gasteiger partial charge in [-0.15, -0.1) is 0 Å². The Morgan fingerprint density at radius 3 is 1.57 bits per heavy atom. The summed E-state index contributed by atoms with van der Waals surface area (Å²) in [6.45, 7) is 0. The summed E-state index contributed by atoms with van der Waals surface area (Å²) in [4.78, 5) is 0. The molecule has 0 radical (unpaired) electrons. The van der Waals surface area contributed by atoms with Crippen molar-refractivity contribution in [2.24, 2.45) is 0 Å². The number of benzene rings is 5. The van der Waals surface area contributed by atoms with Gasteiger partial charge >= 0.3 is 12.4 Å². The fourth-order valence-electron chi connectivity index (χ4n) is 6.19. The van der Waals surface area contributed by atoms with Gasteiger partial charge in [0.15, 0.2) is 0 Å². The molecule has 0 fully saturated rings. The highest BCUT2D eigenvalue weighted by Crippen LogP contribution is 2.47. The molecule has 0 unspecified atom stereocenters. The van der Waals surface area contributed by atoms with E-state index in [0.717, 1.165) is 10.6 Å². The number of rotatable bonds is 2. The monoisotopic (exact) mass is 594 g/mol. The molecule has 214 valence electrons. The molecule has 0 atom stereocenters. The van der Waals surface area contributed by atoms with Gasteiger partial charge in [0.05, 0.1) is 55.7 Å². The van der Waals surface area contributed by atoms with Crippen LogP contribution >= 0.6 is 0 Å². The first-order valence-electron chi connectivity index (χ1n) is 13.2. The maximum absolute atomic E-state index is 14.5. The van der Waals surface area contributed by atoms with E-state index >= 15 is 0 Å². The molecule has 0 spiro atoms. The molecule has 0 amide bonds. The second-order valence-corrected chi connectivity index (χ2v) is 10.2. The molecule has 0 saturated heterocycles. The Morgan fingerprint density at radius 2 is 1.00 bits per heavy atom. The standard InChI is InChI=1S/C34H16F6N4/c35-33(36,37)24-11-6-12-25(34(38,39)40)32(24)44-26-13-3-1-9-21(26)22-15-16-28-29(31(22)44)23-10-2-4-14-27(23)43(28)30-19(17-41)7-5-8-20(30)18-42/h1-16H. The Bertz CT molecular complexity index is 2330. The molecule has 0 bridgehead atoms. The third kappa shape index (κ3) is 3.78. The van der Waals surface area contributed by atoms with Crippen molar-refractivity contribution in [1.82, 2.24) is 9.13 Å². The van der Waals surface area contributed by atoms with Crippen LogP contribution < -0.4 is 0 Å². The topological polar surface area (TPSA) is 57.4 Å². The van der Waals surface area contributed by atoms with Gasteiger partial charge in [-0.05, 0) is 42.5 Å². The van der Waals surface area contributed by atoms with Crippen molar-refractivity contribution < 1.29 is 26.3 Å². The Balaban J connectivity index is 1.79. The summed E-state index contributed by atoms with van der Waals surface area (Å²) in [6, 6.07) is 27.5. The maximum atomic E-state index is 14.5. The lowest BCUT2D eigenvalue weighted by Crippen LogP contribution is -2.17. The summed E-state index contributed by atoms with van der Waals surface area (Å²) in [5, 5.41) is 21.7. The lowest BCUT2D eigenvalue weighted by atomic mass is 10.0. The Hall–Kier alpha value is -5.74. The number of hydrogen-bond acceptors (Lipinski definition) is 2. The van der Waals surface area contributed by atoms with Crippen LogP contribution in [-0.4, -0.2) is 9.13 Å². The van der Waals surface area contributed by atoms with E-state index in [1.165, 1.54) is 6.07 Å². The minimum Gasteiger partial charge on any atom is -0.307 e. The molecular formula is C34H16F6N4. The predicted octanol–water partition coefficient (Wildman–Crippen LogP) is 9.66. The molecule has 2 heterocycles. The first-order valence-corrected chi connectivity index (χ1v) is 13.2. The molecule has 5 aromatic carbocycles. The van der Waals surface area contributed by atoms with Gasteiger partial charge in [-0.3, -0.25) is 0 Å². The molecule has 7 rings (SSSR count). The average molecular weight is 595 g/mol. The Morgan fingerprint density at radius 1 is 0.477 bits per heavy atom. The summed E-state index contributed by atoms with van der Waals surface area (Å²) in [5.41, 5.74) is -2.07. The quantitative estimate of drug-likeness (QED) is 0.187. The highest BCUT2D eigenvalue weighted by molar-refractivity contribution is 6.26. The third-order valence-corrected chi connectivity index (χ3v) is 7.84. The number of nitrogens with zero attached hydrogens (tertiary/aromatic N) is 4. The van der Waals surface area contributed by atoms with Gasteiger partial charge in [-0.2, -0.15) is 36.9 Å². The molecule has 7 aromatic rings. The highest BCUT2D eigenvalue weighted by atomic mass is 19.4. The van der Waals surface area contributed by atoms with Crippen molar-refractivity contribution in [3.05, 3.63) is 119 Å². The van der Waals surface area contributed by atoms with E-state index in [2.05, 4.69) is 12.1 Å². The second-order valence-electron chi connectivity index (χ2n) is 10.2. The van der Waals surface area contributed by atoms with Gasteiger partial charge in [0.2, 0.25) is 0 Å². The minimum absolute atomic E-state index is 0.133. The van der Waals surface area contributed by atoms with Crippen LogP contribution in [0.3, 0.4) is 0 Å². The smallest absolute Gasteiger partial charge is 0.307 e. The molecule has 0 N–H and O–H groups in total. The van der Waals surface area contributed by atoms with E-state index in [0.29, 0.717) is 44.7 Å². The fraction of sp³-hybridized carbons (Fsp3) is 0.0588. The van der Waals surface area contributed by atoms with Crippen molar-refractivity contribution in [3.63, 3.8) is 0 Å². The number of para-hydroxylation sites is 4. The molecule has 10 heteroatoms. The summed E-state index contributed by atoms with van der Waals surface area (Å²) >= 11 is 0. The second kappa shape index (κ2) is 9.38. The van der Waals surface area contributed by atoms with E-state index < -0.39 is 29.2 Å². The molecule has 0 aliphatic heterocycles. The number of fused-ring (bicyclic) bond motifs is 7. The third-order valence-electron chi connectivity index (χ3n) is 7.84. The largest absolute Gasteiger partial charge is 0.418 e. The van der Waals surface area contributed by atoms with Crippen molar-refractivity contribution in [3.8, 4) is 23.5 Å². The number of aromatic nitrogens is 2. The minimum atomic E-state index is -5.11. The van der Waals surface area contributed by atoms with Crippen molar-refractivity contribution in [2.75, 3.05) is 0 Å². The lowest BCUT2D eigenvalue weighted by molar-refractivity contribution is -0.142. The zero-order chi connectivity index (χ0) is 31.0. The Kier molecular flexibility index (Phi) is 5.78. The number of alkyl halides is 6. The van der Waals surface area contributed by atoms with Crippen LogP contribution in [0, 0.1) is 22.7 Å². The van der Waals surface area contributed by atoms with Crippen LogP contribution in [0.25, 0.3) is 55.0 Å². The zero-order valence-corrected chi connectivity index (χ0v) is 22.3. The zero-order valence-electron chi connectivity index (χ0n) is 22.3. The van der Waals surface area contributed by atoms with Gasteiger partial charge in [0.1, 0.15) is 12.1 Å². The van der Waals surface area contributed by atoms with Crippen LogP contribution in [-0.2, 0) is 12.4 Å². The van der Waals surface area contributed by atoms with E-state index in [9.17, 15) is 36.9 Å². The van der Waals surface area contributed by atoms with Gasteiger partial charge in [0, 0.05) is 21.5 Å². The normalized spacial score (nSPS) is 12.3. The number of hydrogen-bond donors (Lipinski definition) is 0. The van der Waals surface area contributed by atoms with Crippen LogP contribution in [0.1, 0.15) is 22.3 Å². The lowest BCUT2D eigenvalue weighted by Gasteiger charge is -2.21.